The van der Waals surface area contributed by atoms with Crippen molar-refractivity contribution in [2.75, 3.05) is 5.32 Å². The van der Waals surface area contributed by atoms with Crippen LogP contribution >= 0.6 is 35.6 Å². The second kappa shape index (κ2) is 8.54. The molecule has 7 nitrogen and oxygen atoms in total. The Morgan fingerprint density at radius 2 is 1.93 bits per heavy atom. The van der Waals surface area contributed by atoms with E-state index in [-0.39, 0.29) is 27.5 Å². The van der Waals surface area contributed by atoms with Gasteiger partial charge in [-0.1, -0.05) is 41.6 Å². The summed E-state index contributed by atoms with van der Waals surface area (Å²) >= 11 is 12.2. The third-order valence-corrected chi connectivity index (χ3v) is 6.27. The van der Waals surface area contributed by atoms with Gasteiger partial charge in [0.2, 0.25) is 5.91 Å². The van der Waals surface area contributed by atoms with Crippen molar-refractivity contribution in [3.05, 3.63) is 58.0 Å². The standard InChI is InChI=1S/C18H13ClN2O5S3/c1-10(22)20-12-3-5-13(6-4-12)29(24,25)26-15-7-2-11(8-14(15)19)9-16-17(23)21-18(27)28-16/h2-9H,1H3,(H,20,22)(H,21,23,27)/b16-9+. The molecule has 2 aromatic carbocycles. The van der Waals surface area contributed by atoms with E-state index in [2.05, 4.69) is 10.6 Å². The van der Waals surface area contributed by atoms with Crippen LogP contribution in [0.5, 0.6) is 5.75 Å². The molecule has 0 bridgehead atoms. The average molecular weight is 469 g/mol. The van der Waals surface area contributed by atoms with Crippen molar-refractivity contribution >= 4 is 73.6 Å². The molecule has 0 saturated carbocycles. The van der Waals surface area contributed by atoms with Gasteiger partial charge in [-0.2, -0.15) is 8.42 Å². The third kappa shape index (κ3) is 5.36. The van der Waals surface area contributed by atoms with Crippen LogP contribution in [0.1, 0.15) is 12.5 Å². The second-order valence-corrected chi connectivity index (χ2v) is 9.46. The van der Waals surface area contributed by atoms with E-state index in [1.807, 2.05) is 0 Å². The van der Waals surface area contributed by atoms with E-state index in [1.54, 1.807) is 12.1 Å². The summed E-state index contributed by atoms with van der Waals surface area (Å²) in [5.41, 5.74) is 1.04. The summed E-state index contributed by atoms with van der Waals surface area (Å²) in [5.74, 6) is -0.630. The summed E-state index contributed by atoms with van der Waals surface area (Å²) in [4.78, 5) is 23.1. The van der Waals surface area contributed by atoms with Crippen molar-refractivity contribution in [2.45, 2.75) is 11.8 Å². The molecule has 11 heteroatoms. The van der Waals surface area contributed by atoms with Crippen LogP contribution in [-0.2, 0) is 19.7 Å². The number of hydrogen-bond acceptors (Lipinski definition) is 7. The highest BCUT2D eigenvalue weighted by molar-refractivity contribution is 8.26. The number of carbonyl (C=O) groups excluding carboxylic acids is 2. The van der Waals surface area contributed by atoms with Gasteiger partial charge in [0, 0.05) is 12.6 Å². The Balaban J connectivity index is 1.79. The van der Waals surface area contributed by atoms with Gasteiger partial charge < -0.3 is 14.8 Å². The molecule has 1 aliphatic heterocycles. The van der Waals surface area contributed by atoms with Crippen LogP contribution in [-0.4, -0.2) is 24.6 Å². The van der Waals surface area contributed by atoms with Gasteiger partial charge >= 0.3 is 10.1 Å². The fourth-order valence-electron chi connectivity index (χ4n) is 2.32. The summed E-state index contributed by atoms with van der Waals surface area (Å²) < 4.78 is 30.5. The van der Waals surface area contributed by atoms with Crippen LogP contribution in [0.4, 0.5) is 5.69 Å². The molecule has 0 atom stereocenters. The smallest absolute Gasteiger partial charge is 0.339 e. The van der Waals surface area contributed by atoms with Crippen LogP contribution in [0.2, 0.25) is 5.02 Å². The number of nitrogens with one attached hydrogen (secondary N) is 2. The van der Waals surface area contributed by atoms with E-state index >= 15 is 0 Å². The lowest BCUT2D eigenvalue weighted by Crippen LogP contribution is -2.17. The molecular weight excluding hydrogens is 456 g/mol. The van der Waals surface area contributed by atoms with Crippen molar-refractivity contribution in [1.82, 2.24) is 5.32 Å². The lowest BCUT2D eigenvalue weighted by molar-refractivity contribution is -0.115. The van der Waals surface area contributed by atoms with Gasteiger partial charge in [-0.25, -0.2) is 0 Å². The van der Waals surface area contributed by atoms with Crippen LogP contribution in [0.3, 0.4) is 0 Å². The van der Waals surface area contributed by atoms with E-state index in [4.69, 9.17) is 28.0 Å². The Labute approximate surface area is 181 Å². The molecule has 0 aromatic heterocycles. The fraction of sp³-hybridized carbons (Fsp3) is 0.0556. The first-order chi connectivity index (χ1) is 13.6. The Morgan fingerprint density at radius 1 is 1.24 bits per heavy atom. The maximum absolute atomic E-state index is 12.5. The van der Waals surface area contributed by atoms with Crippen LogP contribution in [0, 0.1) is 0 Å². The summed E-state index contributed by atoms with van der Waals surface area (Å²) in [7, 11) is -4.13. The van der Waals surface area contributed by atoms with Gasteiger partial charge in [0.15, 0.2) is 5.75 Å². The summed E-state index contributed by atoms with van der Waals surface area (Å²) in [6.07, 6.45) is 1.59. The fourth-order valence-corrected chi connectivity index (χ4v) is 4.59. The highest BCUT2D eigenvalue weighted by Gasteiger charge is 2.22. The average Bonchev–Trinajstić information content (AvgIpc) is 2.94. The molecule has 1 fully saturated rings. The molecule has 2 amide bonds. The number of hydrogen-bond donors (Lipinski definition) is 2. The first-order valence-corrected chi connectivity index (χ1v) is 11.0. The highest BCUT2D eigenvalue weighted by Crippen LogP contribution is 2.31. The normalized spacial score (nSPS) is 15.3. The predicted molar refractivity (Wildman–Crippen MR) is 116 cm³/mol. The highest BCUT2D eigenvalue weighted by atomic mass is 35.5. The molecule has 0 radical (unpaired) electrons. The minimum absolute atomic E-state index is 0.0567. The van der Waals surface area contributed by atoms with E-state index in [1.165, 1.54) is 43.3 Å². The SMILES string of the molecule is CC(=O)Nc1ccc(S(=O)(=O)Oc2ccc(/C=C3/SC(=S)NC3=O)cc2Cl)cc1. The van der Waals surface area contributed by atoms with E-state index in [0.29, 0.717) is 20.5 Å². The maximum atomic E-state index is 12.5. The van der Waals surface area contributed by atoms with Crippen molar-refractivity contribution < 1.29 is 22.2 Å². The molecule has 2 N–H and O–H groups in total. The maximum Gasteiger partial charge on any atom is 0.339 e. The number of benzene rings is 2. The first kappa shape index (κ1) is 21.3. The summed E-state index contributed by atoms with van der Waals surface area (Å²) in [6.45, 7) is 1.35. The number of thioether (sulfide) groups is 1. The molecule has 0 unspecified atom stereocenters. The van der Waals surface area contributed by atoms with Crippen LogP contribution in [0.15, 0.2) is 52.3 Å². The van der Waals surface area contributed by atoms with Crippen molar-refractivity contribution in [3.8, 4) is 5.75 Å². The zero-order chi connectivity index (χ0) is 21.2. The molecular formula is C18H13ClN2O5S3. The number of amides is 2. The van der Waals surface area contributed by atoms with E-state index in [0.717, 1.165) is 11.8 Å². The summed E-state index contributed by atoms with van der Waals surface area (Å²) in [5, 5.41) is 5.11. The largest absolute Gasteiger partial charge is 0.377 e. The Morgan fingerprint density at radius 3 is 2.48 bits per heavy atom. The number of anilines is 1. The summed E-state index contributed by atoms with van der Waals surface area (Å²) in [6, 6.07) is 9.96. The molecule has 0 spiro atoms. The molecule has 2 aromatic rings. The van der Waals surface area contributed by atoms with Gasteiger partial charge in [-0.15, -0.1) is 0 Å². The monoisotopic (exact) mass is 468 g/mol. The lowest BCUT2D eigenvalue weighted by Gasteiger charge is -2.10. The zero-order valence-electron chi connectivity index (χ0n) is 14.8. The van der Waals surface area contributed by atoms with Crippen LogP contribution in [0.25, 0.3) is 6.08 Å². The van der Waals surface area contributed by atoms with E-state index in [9.17, 15) is 18.0 Å². The van der Waals surface area contributed by atoms with Crippen molar-refractivity contribution in [3.63, 3.8) is 0 Å². The van der Waals surface area contributed by atoms with Crippen molar-refractivity contribution in [1.29, 1.82) is 0 Å². The Kier molecular flexibility index (Phi) is 6.27. The Hall–Kier alpha value is -2.40. The van der Waals surface area contributed by atoms with E-state index < -0.39 is 10.1 Å². The minimum Gasteiger partial charge on any atom is -0.377 e. The van der Waals surface area contributed by atoms with Crippen molar-refractivity contribution in [2.24, 2.45) is 0 Å². The molecule has 1 heterocycles. The number of rotatable bonds is 5. The number of thiocarbonyl (C=S) groups is 1. The minimum atomic E-state index is -4.13. The molecule has 1 saturated heterocycles. The molecule has 29 heavy (non-hydrogen) atoms. The predicted octanol–water partition coefficient (Wildman–Crippen LogP) is 3.55. The van der Waals surface area contributed by atoms with Gasteiger partial charge in [0.25, 0.3) is 5.91 Å². The molecule has 0 aliphatic carbocycles. The Bertz CT molecular complexity index is 1140. The topological polar surface area (TPSA) is 102 Å². The van der Waals surface area contributed by atoms with Gasteiger partial charge in [0.1, 0.15) is 9.22 Å². The lowest BCUT2D eigenvalue weighted by atomic mass is 10.2. The van der Waals surface area contributed by atoms with Gasteiger partial charge in [-0.05, 0) is 48.0 Å². The molecule has 3 rings (SSSR count). The van der Waals surface area contributed by atoms with Crippen LogP contribution < -0.4 is 14.8 Å². The molecule has 1 aliphatic rings. The molecule has 150 valence electrons. The number of carbonyl (C=O) groups is 2. The second-order valence-electron chi connectivity index (χ2n) is 5.79. The van der Waals surface area contributed by atoms with Gasteiger partial charge in [-0.3, -0.25) is 9.59 Å². The number of halogens is 1. The quantitative estimate of drug-likeness (QED) is 0.393. The first-order valence-electron chi connectivity index (χ1n) is 8.00. The van der Waals surface area contributed by atoms with Gasteiger partial charge in [0.05, 0.1) is 9.93 Å². The third-order valence-electron chi connectivity index (χ3n) is 3.56. The zero-order valence-corrected chi connectivity index (χ0v) is 18.0.